The van der Waals surface area contributed by atoms with E-state index in [1.807, 2.05) is 0 Å². The lowest BCUT2D eigenvalue weighted by Crippen LogP contribution is -2.49. The molecule has 6 unspecified atom stereocenters. The van der Waals surface area contributed by atoms with Crippen LogP contribution < -0.4 is 0 Å². The normalized spacial score (nSPS) is 52.8. The number of epoxide rings is 1. The van der Waals surface area contributed by atoms with Gasteiger partial charge in [-0.15, -0.1) is 0 Å². The predicted molar refractivity (Wildman–Crippen MR) is 101 cm³/mol. The molecule has 3 aliphatic carbocycles. The van der Waals surface area contributed by atoms with Crippen LogP contribution in [-0.2, 0) is 4.74 Å². The van der Waals surface area contributed by atoms with Crippen molar-refractivity contribution in [2.75, 3.05) is 0 Å². The average Bonchev–Trinajstić information content (AvgIpc) is 3.08. The van der Waals surface area contributed by atoms with Gasteiger partial charge in [0, 0.05) is 0 Å². The molecule has 8 atom stereocenters. The Bertz CT molecular complexity index is 471. The van der Waals surface area contributed by atoms with Crippen LogP contribution in [0.2, 0.25) is 0 Å². The summed E-state index contributed by atoms with van der Waals surface area (Å²) in [7, 11) is 0. The Kier molecular flexibility index (Phi) is 4.34. The fourth-order valence-corrected chi connectivity index (χ4v) is 7.43. The number of rotatable bonds is 5. The predicted octanol–water partition coefficient (Wildman–Crippen LogP) is 6.46. The van der Waals surface area contributed by atoms with Crippen LogP contribution in [0.3, 0.4) is 0 Å². The Labute approximate surface area is 150 Å². The van der Waals surface area contributed by atoms with Gasteiger partial charge < -0.3 is 4.74 Å². The van der Waals surface area contributed by atoms with E-state index in [2.05, 4.69) is 34.6 Å². The van der Waals surface area contributed by atoms with E-state index in [1.54, 1.807) is 0 Å². The summed E-state index contributed by atoms with van der Waals surface area (Å²) in [5, 5.41) is 0. The van der Waals surface area contributed by atoms with Crippen molar-refractivity contribution >= 4 is 0 Å². The van der Waals surface area contributed by atoms with Crippen LogP contribution in [0, 0.1) is 40.9 Å². The molecule has 1 heteroatoms. The zero-order chi connectivity index (χ0) is 17.1. The molecule has 1 nitrogen and oxygen atoms in total. The summed E-state index contributed by atoms with van der Waals surface area (Å²) in [4.78, 5) is 0. The maximum absolute atomic E-state index is 6.18. The number of ether oxygens (including phenoxy) is 1. The van der Waals surface area contributed by atoms with Gasteiger partial charge in [0.2, 0.25) is 0 Å². The van der Waals surface area contributed by atoms with Gasteiger partial charge in [-0.1, -0.05) is 47.0 Å². The Hall–Kier alpha value is -0.0400. The second-order valence-corrected chi connectivity index (χ2v) is 10.7. The van der Waals surface area contributed by atoms with E-state index in [1.165, 1.54) is 57.8 Å². The standard InChI is InChI=1S/C23H40O/c1-15(2)8-6-7-9-17-10-11-20-19-14-21-23(5,24-21)16(3)18(19)12-13-22(17,20)4/h15-21H,6-14H2,1-5H3/t16?,17-,18?,19?,20?,21?,22+,23?/m0/s1. The van der Waals surface area contributed by atoms with Gasteiger partial charge in [0.25, 0.3) is 0 Å². The molecule has 0 bridgehead atoms. The summed E-state index contributed by atoms with van der Waals surface area (Å²) in [5.41, 5.74) is 0.908. The first kappa shape index (κ1) is 17.4. The van der Waals surface area contributed by atoms with Gasteiger partial charge in [-0.2, -0.15) is 0 Å². The second-order valence-electron chi connectivity index (χ2n) is 10.7. The number of hydrogen-bond acceptors (Lipinski definition) is 1. The fourth-order valence-electron chi connectivity index (χ4n) is 7.43. The molecule has 4 rings (SSSR count). The SMILES string of the molecule is CC(C)CCCC[C@H]1CCC2C3CC4OC4(C)C(C)C3CC[C@@]21C. The van der Waals surface area contributed by atoms with Gasteiger partial charge in [0.05, 0.1) is 11.7 Å². The lowest BCUT2D eigenvalue weighted by molar-refractivity contribution is -0.0323. The molecule has 0 aromatic carbocycles. The van der Waals surface area contributed by atoms with E-state index < -0.39 is 0 Å². The van der Waals surface area contributed by atoms with Crippen LogP contribution in [0.25, 0.3) is 0 Å². The Morgan fingerprint density at radius 2 is 1.83 bits per heavy atom. The largest absolute Gasteiger partial charge is 0.366 e. The lowest BCUT2D eigenvalue weighted by Gasteiger charge is -2.52. The van der Waals surface area contributed by atoms with Gasteiger partial charge >= 0.3 is 0 Å². The zero-order valence-electron chi connectivity index (χ0n) is 16.8. The van der Waals surface area contributed by atoms with Crippen molar-refractivity contribution in [3.8, 4) is 0 Å². The van der Waals surface area contributed by atoms with Crippen molar-refractivity contribution in [3.63, 3.8) is 0 Å². The summed E-state index contributed by atoms with van der Waals surface area (Å²) in [6, 6.07) is 0. The number of hydrogen-bond donors (Lipinski definition) is 0. The molecule has 0 aromatic rings. The molecule has 1 saturated heterocycles. The minimum absolute atomic E-state index is 0.254. The van der Waals surface area contributed by atoms with Gasteiger partial charge in [-0.05, 0) is 86.4 Å². The second kappa shape index (κ2) is 6.00. The molecule has 24 heavy (non-hydrogen) atoms. The van der Waals surface area contributed by atoms with E-state index in [0.717, 1.165) is 35.5 Å². The summed E-state index contributed by atoms with van der Waals surface area (Å²) < 4.78 is 6.18. The minimum atomic E-state index is 0.254. The molecule has 1 heterocycles. The van der Waals surface area contributed by atoms with Crippen molar-refractivity contribution in [1.29, 1.82) is 0 Å². The van der Waals surface area contributed by atoms with Crippen molar-refractivity contribution in [2.24, 2.45) is 40.9 Å². The first-order chi connectivity index (χ1) is 11.4. The third-order valence-electron chi connectivity index (χ3n) is 9.28. The van der Waals surface area contributed by atoms with Crippen molar-refractivity contribution in [3.05, 3.63) is 0 Å². The highest BCUT2D eigenvalue weighted by molar-refractivity contribution is 5.14. The number of unbranched alkanes of at least 4 members (excludes halogenated alkanes) is 1. The quantitative estimate of drug-likeness (QED) is 0.416. The highest BCUT2D eigenvalue weighted by Gasteiger charge is 2.66. The van der Waals surface area contributed by atoms with Crippen molar-refractivity contribution in [2.45, 2.75) is 104 Å². The molecular weight excluding hydrogens is 292 g/mol. The topological polar surface area (TPSA) is 12.5 Å². The summed E-state index contributed by atoms with van der Waals surface area (Å²) in [6.45, 7) is 12.3. The van der Waals surface area contributed by atoms with Crippen LogP contribution >= 0.6 is 0 Å². The smallest absolute Gasteiger partial charge is 0.0948 e. The maximum atomic E-state index is 6.18. The van der Waals surface area contributed by atoms with Crippen LogP contribution in [0.5, 0.6) is 0 Å². The van der Waals surface area contributed by atoms with Crippen molar-refractivity contribution < 1.29 is 4.74 Å². The molecule has 0 amide bonds. The molecule has 138 valence electrons. The molecular formula is C23H40O. The van der Waals surface area contributed by atoms with E-state index in [4.69, 9.17) is 4.74 Å². The monoisotopic (exact) mass is 332 g/mol. The minimum Gasteiger partial charge on any atom is -0.366 e. The van der Waals surface area contributed by atoms with Gasteiger partial charge in [-0.25, -0.2) is 0 Å². The Morgan fingerprint density at radius 3 is 2.58 bits per heavy atom. The first-order valence-corrected chi connectivity index (χ1v) is 11.0. The molecule has 0 spiro atoms. The van der Waals surface area contributed by atoms with Crippen LogP contribution in [0.1, 0.15) is 92.4 Å². The van der Waals surface area contributed by atoms with Crippen LogP contribution in [0.4, 0.5) is 0 Å². The average molecular weight is 333 g/mol. The van der Waals surface area contributed by atoms with Crippen molar-refractivity contribution in [1.82, 2.24) is 0 Å². The molecule has 0 radical (unpaired) electrons. The Morgan fingerprint density at radius 1 is 1.04 bits per heavy atom. The maximum Gasteiger partial charge on any atom is 0.0948 e. The molecule has 0 aromatic heterocycles. The molecule has 4 fully saturated rings. The van der Waals surface area contributed by atoms with E-state index in [9.17, 15) is 0 Å². The fraction of sp³-hybridized carbons (Fsp3) is 1.00. The summed E-state index contributed by atoms with van der Waals surface area (Å²) >= 11 is 0. The summed E-state index contributed by atoms with van der Waals surface area (Å²) in [6.07, 6.45) is 13.8. The van der Waals surface area contributed by atoms with E-state index in [0.29, 0.717) is 11.5 Å². The van der Waals surface area contributed by atoms with Gasteiger partial charge in [-0.3, -0.25) is 0 Å². The lowest BCUT2D eigenvalue weighted by atomic mass is 9.51. The molecule has 1 aliphatic heterocycles. The number of fused-ring (bicyclic) bond motifs is 4. The summed E-state index contributed by atoms with van der Waals surface area (Å²) in [5.74, 6) is 5.60. The van der Waals surface area contributed by atoms with Gasteiger partial charge in [0.1, 0.15) is 0 Å². The molecule has 0 N–H and O–H groups in total. The third kappa shape index (κ3) is 2.60. The first-order valence-electron chi connectivity index (χ1n) is 11.0. The molecule has 3 saturated carbocycles. The molecule has 4 aliphatic rings. The van der Waals surface area contributed by atoms with Crippen LogP contribution in [-0.4, -0.2) is 11.7 Å². The highest BCUT2D eigenvalue weighted by Crippen LogP contribution is 2.67. The van der Waals surface area contributed by atoms with E-state index >= 15 is 0 Å². The zero-order valence-corrected chi connectivity index (χ0v) is 16.8. The third-order valence-corrected chi connectivity index (χ3v) is 9.28. The highest BCUT2D eigenvalue weighted by atomic mass is 16.6. The van der Waals surface area contributed by atoms with Gasteiger partial charge in [0.15, 0.2) is 0 Å². The van der Waals surface area contributed by atoms with Crippen LogP contribution in [0.15, 0.2) is 0 Å². The van der Waals surface area contributed by atoms with E-state index in [-0.39, 0.29) is 5.60 Å². The Balaban J connectivity index is 1.41.